The molecule has 0 fully saturated rings. The van der Waals surface area contributed by atoms with E-state index in [0.717, 1.165) is 11.3 Å². The van der Waals surface area contributed by atoms with Crippen molar-refractivity contribution in [3.8, 4) is 0 Å². The van der Waals surface area contributed by atoms with Crippen LogP contribution in [-0.2, 0) is 17.7 Å². The van der Waals surface area contributed by atoms with E-state index >= 15 is 0 Å². The van der Waals surface area contributed by atoms with Gasteiger partial charge in [-0.05, 0) is 6.92 Å². The Balaban J connectivity index is 1.94. The second-order valence-corrected chi connectivity index (χ2v) is 4.95. The van der Waals surface area contributed by atoms with Gasteiger partial charge in [0.25, 0.3) is 5.91 Å². The van der Waals surface area contributed by atoms with E-state index in [9.17, 15) is 9.59 Å². The Bertz CT molecular complexity index is 676. The number of carbonyl (C=O) groups excluding carboxylic acids is 2. The third-order valence-electron chi connectivity index (χ3n) is 3.66. The van der Waals surface area contributed by atoms with Gasteiger partial charge in [0.1, 0.15) is 12.0 Å². The van der Waals surface area contributed by atoms with Crippen molar-refractivity contribution in [1.82, 2.24) is 24.6 Å². The van der Waals surface area contributed by atoms with Crippen molar-refractivity contribution < 1.29 is 14.3 Å². The van der Waals surface area contributed by atoms with Crippen molar-refractivity contribution in [2.45, 2.75) is 25.9 Å². The molecule has 1 amide bonds. The highest BCUT2D eigenvalue weighted by atomic mass is 16.5. The van der Waals surface area contributed by atoms with Crippen molar-refractivity contribution in [2.24, 2.45) is 0 Å². The summed E-state index contributed by atoms with van der Waals surface area (Å²) in [5.41, 5.74) is 1.92. The lowest BCUT2D eigenvalue weighted by Crippen LogP contribution is -2.42. The normalized spacial score (nSPS) is 17.4. The molecule has 0 saturated heterocycles. The Hall–Kier alpha value is -2.64. The number of imidazole rings is 1. The number of nitrogens with one attached hydrogen (secondary N) is 1. The van der Waals surface area contributed by atoms with Crippen molar-refractivity contribution in [2.75, 3.05) is 7.11 Å². The lowest BCUT2D eigenvalue weighted by molar-refractivity contribution is 0.0932. The van der Waals surface area contributed by atoms with E-state index in [1.165, 1.54) is 24.2 Å². The van der Waals surface area contributed by atoms with Crippen LogP contribution in [0.3, 0.4) is 0 Å². The number of amides is 1. The van der Waals surface area contributed by atoms with Gasteiger partial charge in [0.15, 0.2) is 0 Å². The third kappa shape index (κ3) is 2.18. The Morgan fingerprint density at radius 1 is 1.48 bits per heavy atom. The fourth-order valence-electron chi connectivity index (χ4n) is 2.50. The van der Waals surface area contributed by atoms with Gasteiger partial charge in [-0.25, -0.2) is 9.78 Å². The molecule has 0 saturated carbocycles. The van der Waals surface area contributed by atoms with Crippen LogP contribution >= 0.6 is 0 Å². The highest BCUT2D eigenvalue weighted by Crippen LogP contribution is 2.25. The number of fused-ring (bicyclic) bond motifs is 1. The zero-order chi connectivity index (χ0) is 15.0. The molecule has 0 aromatic carbocycles. The molecule has 1 unspecified atom stereocenters. The summed E-state index contributed by atoms with van der Waals surface area (Å²) in [6.45, 7) is 2.22. The Morgan fingerprint density at radius 2 is 2.29 bits per heavy atom. The minimum atomic E-state index is -0.407. The predicted octanol–water partition coefficient (Wildman–Crippen LogP) is 0.808. The molecule has 3 rings (SSSR count). The number of hydrogen-bond donors (Lipinski definition) is 1. The first-order valence-corrected chi connectivity index (χ1v) is 6.55. The molecule has 1 N–H and O–H groups in total. The number of rotatable bonds is 1. The maximum atomic E-state index is 12.4. The second-order valence-electron chi connectivity index (χ2n) is 4.95. The molecule has 3 heterocycles. The molecule has 2 aromatic rings. The maximum absolute atomic E-state index is 12.4. The number of carbonyl (C=O) groups is 2. The minimum Gasteiger partial charge on any atom is -0.453 e. The standard InChI is InChI=1S/C13H15N5O3/c1-8-5-10-9(6-18(8)13(20)21-2)11(16-15-10)12(19)17-4-3-14-7-17/h3-4,7-8H,5-6H2,1-2H3,(H,15,16). The van der Waals surface area contributed by atoms with Crippen LogP contribution in [0.2, 0.25) is 0 Å². The number of hydrogen-bond acceptors (Lipinski definition) is 5. The molecule has 0 radical (unpaired) electrons. The van der Waals surface area contributed by atoms with Crippen LogP contribution in [0.15, 0.2) is 18.7 Å². The van der Waals surface area contributed by atoms with Crippen molar-refractivity contribution >= 4 is 12.0 Å². The van der Waals surface area contributed by atoms with Gasteiger partial charge in [-0.1, -0.05) is 0 Å². The summed E-state index contributed by atoms with van der Waals surface area (Å²) in [5.74, 6) is -0.249. The quantitative estimate of drug-likeness (QED) is 0.838. The molecule has 0 aliphatic carbocycles. The van der Waals surface area contributed by atoms with Crippen LogP contribution in [0.5, 0.6) is 0 Å². The van der Waals surface area contributed by atoms with Crippen LogP contribution in [-0.4, -0.2) is 49.8 Å². The van der Waals surface area contributed by atoms with Gasteiger partial charge in [0.2, 0.25) is 0 Å². The fourth-order valence-corrected chi connectivity index (χ4v) is 2.50. The molecule has 1 atom stereocenters. The van der Waals surface area contributed by atoms with Crippen LogP contribution in [0.4, 0.5) is 4.79 Å². The largest absolute Gasteiger partial charge is 0.453 e. The van der Waals surface area contributed by atoms with Crippen LogP contribution in [0.1, 0.15) is 28.7 Å². The van der Waals surface area contributed by atoms with Gasteiger partial charge in [0.05, 0.1) is 19.3 Å². The van der Waals surface area contributed by atoms with Gasteiger partial charge in [-0.3, -0.25) is 14.5 Å². The van der Waals surface area contributed by atoms with Gasteiger partial charge in [-0.2, -0.15) is 5.10 Å². The van der Waals surface area contributed by atoms with Gasteiger partial charge >= 0.3 is 6.09 Å². The first kappa shape index (κ1) is 13.3. The van der Waals surface area contributed by atoms with Gasteiger partial charge in [0, 0.05) is 30.4 Å². The number of aromatic amines is 1. The topological polar surface area (TPSA) is 93.1 Å². The summed E-state index contributed by atoms with van der Waals surface area (Å²) < 4.78 is 6.15. The number of ether oxygens (including phenoxy) is 1. The summed E-state index contributed by atoms with van der Waals surface area (Å²) in [6, 6.07) is -0.0237. The third-order valence-corrected chi connectivity index (χ3v) is 3.66. The van der Waals surface area contributed by atoms with Crippen LogP contribution in [0, 0.1) is 0 Å². The van der Waals surface area contributed by atoms with E-state index < -0.39 is 6.09 Å². The summed E-state index contributed by atoms with van der Waals surface area (Å²) in [4.78, 5) is 29.6. The molecule has 2 aromatic heterocycles. The highest BCUT2D eigenvalue weighted by Gasteiger charge is 2.32. The van der Waals surface area contributed by atoms with Crippen LogP contribution in [0.25, 0.3) is 0 Å². The van der Waals surface area contributed by atoms with E-state index in [1.54, 1.807) is 11.1 Å². The maximum Gasteiger partial charge on any atom is 0.410 e. The van der Waals surface area contributed by atoms with E-state index in [1.807, 2.05) is 6.92 Å². The monoisotopic (exact) mass is 289 g/mol. The Labute approximate surface area is 120 Å². The zero-order valence-electron chi connectivity index (χ0n) is 11.7. The van der Waals surface area contributed by atoms with E-state index in [0.29, 0.717) is 18.7 Å². The molecular weight excluding hydrogens is 274 g/mol. The molecule has 21 heavy (non-hydrogen) atoms. The second kappa shape index (κ2) is 5.04. The average Bonchev–Trinajstić information content (AvgIpc) is 3.14. The lowest BCUT2D eigenvalue weighted by atomic mass is 10.00. The van der Waals surface area contributed by atoms with Crippen molar-refractivity contribution in [1.29, 1.82) is 0 Å². The summed E-state index contributed by atoms with van der Waals surface area (Å²) in [5, 5.41) is 6.97. The predicted molar refractivity (Wildman–Crippen MR) is 71.7 cm³/mol. The number of methoxy groups -OCH3 is 1. The molecule has 1 aliphatic heterocycles. The highest BCUT2D eigenvalue weighted by molar-refractivity contribution is 5.95. The van der Waals surface area contributed by atoms with E-state index in [2.05, 4.69) is 15.2 Å². The van der Waals surface area contributed by atoms with Crippen LogP contribution < -0.4 is 0 Å². The molecular formula is C13H15N5O3. The number of aromatic nitrogens is 4. The van der Waals surface area contributed by atoms with Gasteiger partial charge in [-0.15, -0.1) is 0 Å². The average molecular weight is 289 g/mol. The molecule has 8 nitrogen and oxygen atoms in total. The SMILES string of the molecule is COC(=O)N1Cc2c(n[nH]c2C(=O)n2ccnc2)CC1C. The van der Waals surface area contributed by atoms with Crippen molar-refractivity contribution in [3.63, 3.8) is 0 Å². The zero-order valence-corrected chi connectivity index (χ0v) is 11.7. The van der Waals surface area contributed by atoms with Gasteiger partial charge < -0.3 is 9.64 Å². The molecule has 0 bridgehead atoms. The summed E-state index contributed by atoms with van der Waals surface area (Å²) >= 11 is 0. The first-order chi connectivity index (χ1) is 10.1. The minimum absolute atomic E-state index is 0.0237. The molecule has 0 spiro atoms. The molecule has 110 valence electrons. The Kier molecular flexibility index (Phi) is 3.20. The molecule has 1 aliphatic rings. The number of nitrogens with zero attached hydrogens (tertiary/aromatic N) is 4. The Morgan fingerprint density at radius 3 is 2.95 bits per heavy atom. The molecule has 8 heteroatoms. The fraction of sp³-hybridized carbons (Fsp3) is 0.385. The van der Waals surface area contributed by atoms with E-state index in [-0.39, 0.29) is 11.9 Å². The number of H-pyrrole nitrogens is 1. The smallest absolute Gasteiger partial charge is 0.410 e. The summed E-state index contributed by atoms with van der Waals surface area (Å²) in [7, 11) is 1.34. The van der Waals surface area contributed by atoms with Crippen molar-refractivity contribution in [3.05, 3.63) is 35.7 Å². The summed E-state index contributed by atoms with van der Waals surface area (Å²) in [6.07, 6.45) is 4.70. The first-order valence-electron chi connectivity index (χ1n) is 6.55. The van der Waals surface area contributed by atoms with E-state index in [4.69, 9.17) is 4.74 Å². The lowest BCUT2D eigenvalue weighted by Gasteiger charge is -2.31.